The van der Waals surface area contributed by atoms with Crippen molar-refractivity contribution in [3.05, 3.63) is 106 Å². The van der Waals surface area contributed by atoms with Crippen molar-refractivity contribution in [3.63, 3.8) is 0 Å². The third kappa shape index (κ3) is 8.78. The summed E-state index contributed by atoms with van der Waals surface area (Å²) in [5, 5.41) is 8.55. The lowest BCUT2D eigenvalue weighted by molar-refractivity contribution is -0.186. The summed E-state index contributed by atoms with van der Waals surface area (Å²) >= 11 is 0. The highest BCUT2D eigenvalue weighted by atomic mass is 16.6. The van der Waals surface area contributed by atoms with E-state index >= 15 is 0 Å². The van der Waals surface area contributed by atoms with E-state index in [1.165, 1.54) is 0 Å². The molecule has 10 heteroatoms. The molecule has 0 N–H and O–H groups in total. The maximum atomic E-state index is 14.0. The quantitative estimate of drug-likeness (QED) is 0.0784. The molecular formula is C37H41N3O7. The summed E-state index contributed by atoms with van der Waals surface area (Å²) in [5.41, 5.74) is -2.18. The number of aromatic nitrogens is 3. The Morgan fingerprint density at radius 2 is 1.40 bits per heavy atom. The van der Waals surface area contributed by atoms with Gasteiger partial charge in [0.1, 0.15) is 28.2 Å². The molecule has 47 heavy (non-hydrogen) atoms. The molecule has 0 radical (unpaired) electrons. The van der Waals surface area contributed by atoms with Crippen molar-refractivity contribution in [1.82, 2.24) is 15.0 Å². The van der Waals surface area contributed by atoms with Crippen LogP contribution in [0.15, 0.2) is 84.2 Å². The van der Waals surface area contributed by atoms with Gasteiger partial charge in [-0.15, -0.1) is 5.10 Å². The Morgan fingerprint density at radius 1 is 0.809 bits per heavy atom. The van der Waals surface area contributed by atoms with Crippen LogP contribution in [-0.4, -0.2) is 43.9 Å². The molecule has 0 atom stereocenters. The standard InChI is InChI=1S/C37H41N3O7/c1-24-14-19-29-30(22-24)38-39-40(32(29)42)21-20-37(33(43)46-35(3,4)5,34(44)47-36(6,7)8)23-31(41)27-15-17-28(18-16-27)45-25(2)26-12-10-9-11-13-26/h9-19,22H,2,20-21,23H2,1,3-8H3. The number of nitrogens with zero attached hydrogens (tertiary/aromatic N) is 3. The van der Waals surface area contributed by atoms with Crippen molar-refractivity contribution in [2.24, 2.45) is 5.41 Å². The largest absolute Gasteiger partial charge is 0.459 e. The van der Waals surface area contributed by atoms with Gasteiger partial charge in [-0.3, -0.25) is 19.2 Å². The summed E-state index contributed by atoms with van der Waals surface area (Å²) in [5.74, 6) is -1.51. The van der Waals surface area contributed by atoms with Gasteiger partial charge in [0.25, 0.3) is 5.56 Å². The van der Waals surface area contributed by atoms with E-state index in [2.05, 4.69) is 16.9 Å². The second-order valence-electron chi connectivity index (χ2n) is 13.5. The molecule has 10 nitrogen and oxygen atoms in total. The Bertz CT molecular complexity index is 1820. The van der Waals surface area contributed by atoms with Gasteiger partial charge in [-0.05, 0) is 96.8 Å². The number of esters is 2. The van der Waals surface area contributed by atoms with Gasteiger partial charge in [0.15, 0.2) is 11.2 Å². The van der Waals surface area contributed by atoms with Crippen LogP contribution in [0.3, 0.4) is 0 Å². The Labute approximate surface area is 274 Å². The van der Waals surface area contributed by atoms with E-state index in [1.807, 2.05) is 37.3 Å². The molecule has 4 rings (SSSR count). The molecule has 0 saturated heterocycles. The molecule has 0 saturated carbocycles. The molecule has 0 aliphatic carbocycles. The third-order valence-electron chi connectivity index (χ3n) is 7.18. The van der Waals surface area contributed by atoms with Gasteiger partial charge in [-0.2, -0.15) is 0 Å². The van der Waals surface area contributed by atoms with Crippen LogP contribution in [0.25, 0.3) is 16.7 Å². The van der Waals surface area contributed by atoms with Crippen LogP contribution in [0.4, 0.5) is 0 Å². The number of hydrogen-bond donors (Lipinski definition) is 0. The Balaban J connectivity index is 1.69. The molecule has 1 heterocycles. The summed E-state index contributed by atoms with van der Waals surface area (Å²) in [6.45, 7) is 15.6. The minimum Gasteiger partial charge on any atom is -0.459 e. The van der Waals surface area contributed by atoms with E-state index in [-0.39, 0.29) is 18.5 Å². The van der Waals surface area contributed by atoms with Crippen molar-refractivity contribution in [2.45, 2.75) is 79.1 Å². The third-order valence-corrected chi connectivity index (χ3v) is 7.18. The van der Waals surface area contributed by atoms with Crippen LogP contribution < -0.4 is 10.3 Å². The molecule has 0 amide bonds. The van der Waals surface area contributed by atoms with Gasteiger partial charge in [-0.25, -0.2) is 4.68 Å². The zero-order valence-corrected chi connectivity index (χ0v) is 28.0. The molecule has 1 aromatic heterocycles. The van der Waals surface area contributed by atoms with E-state index in [4.69, 9.17) is 14.2 Å². The van der Waals surface area contributed by atoms with Crippen LogP contribution >= 0.6 is 0 Å². The smallest absolute Gasteiger partial charge is 0.324 e. The number of ketones is 1. The van der Waals surface area contributed by atoms with Crippen LogP contribution in [0.5, 0.6) is 5.75 Å². The first-order valence-corrected chi connectivity index (χ1v) is 15.3. The van der Waals surface area contributed by atoms with Gasteiger partial charge in [0.05, 0.1) is 5.39 Å². The second kappa shape index (κ2) is 13.7. The Kier molecular flexibility index (Phi) is 10.1. The van der Waals surface area contributed by atoms with Crippen molar-refractivity contribution in [3.8, 4) is 5.75 Å². The topological polar surface area (TPSA) is 127 Å². The van der Waals surface area contributed by atoms with Crippen LogP contribution in [0.1, 0.15) is 75.9 Å². The Morgan fingerprint density at radius 3 is 1.98 bits per heavy atom. The number of carbonyl (C=O) groups excluding carboxylic acids is 3. The first kappa shape index (κ1) is 34.7. The Hall–Kier alpha value is -5.12. The lowest BCUT2D eigenvalue weighted by Gasteiger charge is -2.34. The number of aryl methyl sites for hydroxylation is 2. The van der Waals surface area contributed by atoms with Crippen molar-refractivity contribution in [2.75, 3.05) is 0 Å². The number of benzene rings is 3. The highest BCUT2D eigenvalue weighted by Crippen LogP contribution is 2.36. The first-order valence-electron chi connectivity index (χ1n) is 15.3. The van der Waals surface area contributed by atoms with Crippen molar-refractivity contribution < 1.29 is 28.6 Å². The van der Waals surface area contributed by atoms with Crippen LogP contribution in [0.2, 0.25) is 0 Å². The second-order valence-corrected chi connectivity index (χ2v) is 13.5. The molecule has 0 fully saturated rings. The molecule has 246 valence electrons. The van der Waals surface area contributed by atoms with Gasteiger partial charge in [0.2, 0.25) is 0 Å². The van der Waals surface area contributed by atoms with E-state index in [0.29, 0.717) is 22.4 Å². The van der Waals surface area contributed by atoms with E-state index in [1.54, 1.807) is 84.0 Å². The van der Waals surface area contributed by atoms with Crippen molar-refractivity contribution in [1.29, 1.82) is 0 Å². The molecule has 0 unspecified atom stereocenters. The molecule has 3 aromatic carbocycles. The fourth-order valence-corrected chi connectivity index (χ4v) is 4.81. The average molecular weight is 640 g/mol. The molecular weight excluding hydrogens is 598 g/mol. The molecule has 0 spiro atoms. The highest BCUT2D eigenvalue weighted by molar-refractivity contribution is 6.07. The normalized spacial score (nSPS) is 12.0. The number of hydrogen-bond acceptors (Lipinski definition) is 9. The first-order chi connectivity index (χ1) is 22.0. The zero-order valence-electron chi connectivity index (χ0n) is 28.0. The van der Waals surface area contributed by atoms with Gasteiger partial charge >= 0.3 is 11.9 Å². The molecule has 4 aromatic rings. The minimum atomic E-state index is -2.11. The number of fused-ring (bicyclic) bond motifs is 1. The fourth-order valence-electron chi connectivity index (χ4n) is 4.81. The maximum Gasteiger partial charge on any atom is 0.324 e. The summed E-state index contributed by atoms with van der Waals surface area (Å²) in [6, 6.07) is 20.9. The zero-order chi connectivity index (χ0) is 34.6. The summed E-state index contributed by atoms with van der Waals surface area (Å²) in [7, 11) is 0. The summed E-state index contributed by atoms with van der Waals surface area (Å²) < 4.78 is 18.4. The summed E-state index contributed by atoms with van der Waals surface area (Å²) in [4.78, 5) is 55.2. The van der Waals surface area contributed by atoms with Crippen LogP contribution in [0, 0.1) is 12.3 Å². The van der Waals surface area contributed by atoms with E-state index in [0.717, 1.165) is 15.8 Å². The predicted octanol–water partition coefficient (Wildman–Crippen LogP) is 6.48. The SMILES string of the molecule is C=C(Oc1ccc(C(=O)CC(CCn2nnc3cc(C)ccc3c2=O)(C(=O)OC(C)(C)C)C(=O)OC(C)(C)C)cc1)c1ccccc1. The number of Topliss-reactive ketones (excluding diaryl/α,β-unsaturated/α-hetero) is 1. The lowest BCUT2D eigenvalue weighted by atomic mass is 9.78. The maximum absolute atomic E-state index is 14.0. The van der Waals surface area contributed by atoms with Gasteiger partial charge in [0, 0.05) is 24.1 Å². The number of ether oxygens (including phenoxy) is 3. The predicted molar refractivity (Wildman–Crippen MR) is 179 cm³/mol. The monoisotopic (exact) mass is 639 g/mol. The highest BCUT2D eigenvalue weighted by Gasteiger charge is 2.52. The van der Waals surface area contributed by atoms with E-state index in [9.17, 15) is 19.2 Å². The van der Waals surface area contributed by atoms with Crippen molar-refractivity contribution >= 4 is 34.4 Å². The van der Waals surface area contributed by atoms with Gasteiger partial charge in [-0.1, -0.05) is 48.2 Å². The van der Waals surface area contributed by atoms with E-state index < -0.39 is 46.3 Å². The number of rotatable bonds is 11. The number of carbonyl (C=O) groups is 3. The van der Waals surface area contributed by atoms with Crippen LogP contribution in [-0.2, 0) is 25.6 Å². The lowest BCUT2D eigenvalue weighted by Crippen LogP contribution is -2.49. The molecule has 0 aliphatic heterocycles. The fraction of sp³-hybridized carbons (Fsp3) is 0.351. The molecule has 0 aliphatic rings. The van der Waals surface area contributed by atoms with Gasteiger partial charge < -0.3 is 14.2 Å². The minimum absolute atomic E-state index is 0.213. The average Bonchev–Trinajstić information content (AvgIpc) is 2.99. The molecule has 0 bridgehead atoms. The summed E-state index contributed by atoms with van der Waals surface area (Å²) in [6.07, 6.45) is -0.894.